The van der Waals surface area contributed by atoms with Crippen molar-refractivity contribution in [1.29, 1.82) is 0 Å². The zero-order valence-corrected chi connectivity index (χ0v) is 77.7. The van der Waals surface area contributed by atoms with Crippen molar-refractivity contribution in [2.45, 2.75) is 232 Å². The summed E-state index contributed by atoms with van der Waals surface area (Å²) in [6.45, 7) is 21.2. The molecule has 722 valence electrons. The number of nitrogens with zero attached hydrogens (tertiary/aromatic N) is 8. The van der Waals surface area contributed by atoms with Crippen LogP contribution in [0.25, 0.3) is 33.3 Å². The molecular weight excluding hydrogens is 1680 g/mol. The van der Waals surface area contributed by atoms with E-state index in [9.17, 15) is 48.9 Å². The minimum atomic E-state index is -2.56. The van der Waals surface area contributed by atoms with Gasteiger partial charge in [-0.3, -0.25) is 24.0 Å². The number of anilines is 1. The predicted molar refractivity (Wildman–Crippen MR) is 482 cm³/mol. The number of nitrogens with one attached hydrogen (secondary N) is 3. The molecule has 2 saturated heterocycles. The van der Waals surface area contributed by atoms with Gasteiger partial charge in [-0.15, -0.1) is 5.10 Å². The fourth-order valence-corrected chi connectivity index (χ4v) is 16.9. The molecule has 36 nitrogen and oxygen atoms in total. The fourth-order valence-electron chi connectivity index (χ4n) is 16.9. The number of fused-ring (bicyclic) bond motifs is 5. The van der Waals surface area contributed by atoms with Crippen LogP contribution >= 0.6 is 0 Å². The lowest BCUT2D eigenvalue weighted by atomic mass is 9.78. The number of allylic oxidation sites excluding steroid dienone is 6. The van der Waals surface area contributed by atoms with Crippen molar-refractivity contribution in [2.24, 2.45) is 35.5 Å². The first-order valence-electron chi connectivity index (χ1n) is 46.3. The zero-order valence-electron chi connectivity index (χ0n) is 77.7. The second-order valence-electron chi connectivity index (χ2n) is 34.5. The zero-order chi connectivity index (χ0) is 93.3. The molecule has 8 N–H and O–H groups in total. The lowest BCUT2D eigenvalue weighted by Gasteiger charge is -2.43. The van der Waals surface area contributed by atoms with Crippen LogP contribution in [0.4, 0.5) is 10.6 Å². The number of nitrogen functional groups attached to an aromatic ring is 1. The van der Waals surface area contributed by atoms with Crippen molar-refractivity contribution in [3.63, 3.8) is 0 Å². The first-order chi connectivity index (χ1) is 62.8. The average molecular weight is 1820 g/mol. The Balaban J connectivity index is 0.596. The maximum absolute atomic E-state index is 14.8. The highest BCUT2D eigenvalue weighted by atomic mass is 16.6. The molecule has 2 bridgehead atoms. The quantitative estimate of drug-likeness (QED) is 0.00825. The SMILES string of the molecule is COC(=O)N[C@H]1C[C@@H]2CC[C@@H](C)[C@@](O)(O2)C(=O)C(=O)N2CCCC[C@H]2C(=O)O[C@H]([C@H](C)C[C@@H]2CC[C@@H](OCCCCc3cn(CCOCCOCCOCCOCCOCCOCCOCCOCCC(=O)NCCCCn4nc(-c5cc6cc(O)ccc6[nH]5)c5c(N)ncnc54)nn3)[C@H](OC)C2)CC(=O)[C@H](C)/C=C(\C)[C@@H](O)[C@@H](OC)C(=O)[C@H](C)C[C@H](C)/C=C/C=C/C=C/1C. The van der Waals surface area contributed by atoms with Gasteiger partial charge in [0.25, 0.3) is 11.7 Å². The number of nitrogens with two attached hydrogens (primary N) is 1. The van der Waals surface area contributed by atoms with Crippen LogP contribution in [0.15, 0.2) is 84.4 Å². The van der Waals surface area contributed by atoms with Crippen LogP contribution < -0.4 is 16.4 Å². The number of cyclic esters (lactones) is 1. The van der Waals surface area contributed by atoms with Gasteiger partial charge in [0.15, 0.2) is 11.4 Å². The highest BCUT2D eigenvalue weighted by molar-refractivity contribution is 6.39. The number of esters is 1. The minimum Gasteiger partial charge on any atom is -0.508 e. The van der Waals surface area contributed by atoms with E-state index in [4.69, 9.17) is 77.1 Å². The van der Waals surface area contributed by atoms with E-state index in [1.54, 1.807) is 74.5 Å². The van der Waals surface area contributed by atoms with E-state index in [1.807, 2.05) is 57.3 Å². The van der Waals surface area contributed by atoms with Gasteiger partial charge < -0.3 is 108 Å². The lowest BCUT2D eigenvalue weighted by Crippen LogP contribution is -2.61. The summed E-state index contributed by atoms with van der Waals surface area (Å²) in [5.41, 5.74) is 11.1. The summed E-state index contributed by atoms with van der Waals surface area (Å²) in [6, 6.07) is 5.12. The molecule has 7 heterocycles. The number of carbonyl (C=O) groups is 7. The third kappa shape index (κ3) is 33.1. The number of ether oxygens (including phenoxy) is 14. The molecule has 0 spiro atoms. The number of alkyl carbamates (subject to hydrolysis) is 1. The van der Waals surface area contributed by atoms with Crippen LogP contribution in [-0.4, -0.2) is 302 Å². The van der Waals surface area contributed by atoms with Crippen molar-refractivity contribution < 1.29 is 115 Å². The van der Waals surface area contributed by atoms with Gasteiger partial charge in [-0.1, -0.05) is 81.9 Å². The van der Waals surface area contributed by atoms with E-state index in [-0.39, 0.29) is 86.1 Å². The van der Waals surface area contributed by atoms with Gasteiger partial charge in [-0.05, 0) is 164 Å². The number of aromatic hydroxyl groups is 1. The smallest absolute Gasteiger partial charge is 0.407 e. The number of aryl methyl sites for hydroxylation is 2. The number of piperidine rings is 1. The number of hydrogen-bond donors (Lipinski definition) is 7. The van der Waals surface area contributed by atoms with Gasteiger partial charge in [-0.25, -0.2) is 28.9 Å². The summed E-state index contributed by atoms with van der Waals surface area (Å²) in [4.78, 5) is 111. The number of unbranched alkanes of at least 4 members (excludes halogenated alkanes) is 2. The number of carbonyl (C=O) groups excluding carboxylic acids is 7. The first kappa shape index (κ1) is 105. The number of benzene rings is 1. The van der Waals surface area contributed by atoms with Crippen molar-refractivity contribution in [2.75, 3.05) is 152 Å². The number of phenols is 1. The van der Waals surface area contributed by atoms with Gasteiger partial charge in [0.2, 0.25) is 11.7 Å². The van der Waals surface area contributed by atoms with E-state index in [2.05, 4.69) is 35.9 Å². The van der Waals surface area contributed by atoms with Crippen LogP contribution in [0.2, 0.25) is 0 Å². The molecule has 3 amide bonds. The van der Waals surface area contributed by atoms with Crippen LogP contribution in [0, 0.1) is 35.5 Å². The number of aliphatic hydroxyl groups is 2. The van der Waals surface area contributed by atoms with Crippen LogP contribution in [0.1, 0.15) is 163 Å². The number of aliphatic hydroxyl groups excluding tert-OH is 1. The summed E-state index contributed by atoms with van der Waals surface area (Å²) in [6.07, 6.45) is 17.7. The van der Waals surface area contributed by atoms with E-state index in [1.165, 1.54) is 25.4 Å². The van der Waals surface area contributed by atoms with Crippen molar-refractivity contribution in [1.82, 2.24) is 55.3 Å². The molecule has 1 aliphatic carbocycles. The number of aromatic amines is 1. The highest BCUT2D eigenvalue weighted by Crippen LogP contribution is 2.40. The molecule has 0 unspecified atom stereocenters. The fraction of sp³-hybridized carbons (Fsp3) is 0.681. The number of ketones is 3. The molecule has 4 aromatic heterocycles. The summed E-state index contributed by atoms with van der Waals surface area (Å²) < 4.78 is 84.4. The van der Waals surface area contributed by atoms with Gasteiger partial charge in [0, 0.05) is 88.2 Å². The van der Waals surface area contributed by atoms with Crippen LogP contribution in [-0.2, 0) is 115 Å². The van der Waals surface area contributed by atoms with Crippen LogP contribution in [0.3, 0.4) is 0 Å². The van der Waals surface area contributed by atoms with Gasteiger partial charge in [0.05, 0.1) is 160 Å². The number of Topliss-reactive ketones (excluding diaryl/α,β-unsaturated/α-hetero) is 3. The number of hydrogen-bond acceptors (Lipinski definition) is 30. The Bertz CT molecular complexity index is 4460. The van der Waals surface area contributed by atoms with Gasteiger partial charge in [-0.2, -0.15) is 5.10 Å². The molecule has 5 aromatic rings. The molecule has 3 aliphatic heterocycles. The van der Waals surface area contributed by atoms with E-state index >= 15 is 0 Å². The predicted octanol–water partition coefficient (Wildman–Crippen LogP) is 9.22. The molecule has 1 saturated carbocycles. The largest absolute Gasteiger partial charge is 0.508 e. The standard InChI is InChI=1S/C94H142N12O24/c1-62-20-12-11-13-21-63(2)75(100-93(115)119-10)58-73-27-24-68(7)94(116,130-73)88(112)91(113)105-32-17-14-23-77(105)92(114)129-80(59-78(108)64(3)53-67(6)86(111)87(118-9)85(110)66(5)52-62)65(4)54-69-25-29-79(81(55-69)117-8)128-35-19-15-22-71-60-104(103-101-71)34-37-121-39-41-123-43-45-125-47-49-127-51-50-126-48-46-124-44-42-122-40-38-120-36-30-82(109)96-31-16-18-33-106-90-83(89(95)97-61-98-90)84(102-106)76-57-70-56-72(107)26-28-74(70)99-76/h11-13,20-21,26,28,53,56-57,60-62,64-66,68-69,73,75,77,79-81,86-87,99,107,111,116H,14-19,22-25,27,29-52,54-55,58-59H2,1-10H3,(H,96,109)(H,100,115)(H2,95,97,98)/b13-11+,20-12+,63-21+,67-53+/t62-,64-,65-,66-,68-,69+,73+,75+,77+,79-,80+,81-,86-,87+,94-/m1/s1. The maximum Gasteiger partial charge on any atom is 0.407 e. The van der Waals surface area contributed by atoms with Crippen LogP contribution in [0.5, 0.6) is 5.75 Å². The highest BCUT2D eigenvalue weighted by Gasteiger charge is 2.53. The Kier molecular flexibility index (Phi) is 44.8. The summed E-state index contributed by atoms with van der Waals surface area (Å²) in [5.74, 6) is -8.32. The molecule has 0 radical (unpaired) electrons. The molecule has 15 atom stereocenters. The molecule has 9 rings (SSSR count). The number of H-pyrrole nitrogens is 1. The second-order valence-corrected chi connectivity index (χ2v) is 34.5. The molecule has 3 fully saturated rings. The van der Waals surface area contributed by atoms with Crippen molar-refractivity contribution >= 4 is 69.0 Å². The van der Waals surface area contributed by atoms with Gasteiger partial charge >= 0.3 is 12.1 Å². The first-order valence-corrected chi connectivity index (χ1v) is 46.3. The number of rotatable bonds is 45. The number of phenolic OH excluding ortho intramolecular Hbond substituents is 1. The molecule has 1 aromatic carbocycles. The monoisotopic (exact) mass is 1820 g/mol. The minimum absolute atomic E-state index is 0.0252. The molecule has 4 aliphatic rings. The van der Waals surface area contributed by atoms with Crippen molar-refractivity contribution in [3.05, 3.63) is 90.1 Å². The third-order valence-electron chi connectivity index (χ3n) is 24.5. The summed E-state index contributed by atoms with van der Waals surface area (Å²) in [7, 11) is 4.28. The second kappa shape index (κ2) is 55.6. The normalized spacial score (nSPS) is 26.1. The topological polar surface area (TPSA) is 453 Å². The van der Waals surface area contributed by atoms with E-state index < -0.39 is 89.7 Å². The third-order valence-corrected chi connectivity index (χ3v) is 24.5. The number of amides is 3. The Hall–Kier alpha value is -8.86. The average Bonchev–Trinajstić information content (AvgIpc) is 1.57. The van der Waals surface area contributed by atoms with Gasteiger partial charge in [0.1, 0.15) is 53.7 Å². The Morgan fingerprint density at radius 2 is 1.42 bits per heavy atom. The van der Waals surface area contributed by atoms with E-state index in [0.29, 0.717) is 210 Å². The summed E-state index contributed by atoms with van der Waals surface area (Å²) >= 11 is 0. The number of aromatic nitrogens is 8. The van der Waals surface area contributed by atoms with E-state index in [0.717, 1.165) is 60.8 Å². The lowest BCUT2D eigenvalue weighted by molar-refractivity contribution is -0.264. The van der Waals surface area contributed by atoms with Crippen molar-refractivity contribution in [3.8, 4) is 17.1 Å². The molecule has 130 heavy (non-hydrogen) atoms. The molecular formula is C94H142N12O24. The Labute approximate surface area is 762 Å². The Morgan fingerprint density at radius 3 is 2.09 bits per heavy atom. The number of methoxy groups -OCH3 is 3. The summed E-state index contributed by atoms with van der Waals surface area (Å²) in [5, 5.41) is 54.6. The molecule has 36 heteroatoms. The maximum atomic E-state index is 14.8. The Morgan fingerprint density at radius 1 is 0.731 bits per heavy atom.